The van der Waals surface area contributed by atoms with Gasteiger partial charge >= 0.3 is 0 Å². The van der Waals surface area contributed by atoms with Gasteiger partial charge in [-0.15, -0.1) is 26.3 Å². The Balaban J connectivity index is -0.0000000304. The molecule has 0 aliphatic rings. The Morgan fingerprint density at radius 2 is 1.00 bits per heavy atom. The molecule has 18 heavy (non-hydrogen) atoms. The van der Waals surface area contributed by atoms with Crippen molar-refractivity contribution >= 4 is 0 Å². The first-order valence-electron chi connectivity index (χ1n) is 6.67. The van der Waals surface area contributed by atoms with Crippen molar-refractivity contribution in [1.82, 2.24) is 0 Å². The summed E-state index contributed by atoms with van der Waals surface area (Å²) in [4.78, 5) is 0. The minimum absolute atomic E-state index is 1.07. The van der Waals surface area contributed by atoms with E-state index < -0.39 is 0 Å². The molecule has 0 saturated heterocycles. The Labute approximate surface area is 119 Å². The molecular formula is C18H38. The van der Waals surface area contributed by atoms with E-state index in [4.69, 9.17) is 0 Å². The minimum atomic E-state index is 1.07. The lowest BCUT2D eigenvalue weighted by Gasteiger charge is -1.94. The second kappa shape index (κ2) is 75.6. The molecule has 110 valence electrons. The summed E-state index contributed by atoms with van der Waals surface area (Å²) < 4.78 is 0. The van der Waals surface area contributed by atoms with Gasteiger partial charge in [-0.3, -0.25) is 0 Å². The normalized spacial score (nSPS) is 6.33. The SMILES string of the molecule is C=C.C=C.C=C/C(=C/C)C(=C)C.CC.CC.CC. The van der Waals surface area contributed by atoms with Gasteiger partial charge in [0.15, 0.2) is 0 Å². The highest BCUT2D eigenvalue weighted by atomic mass is 13.9. The third-order valence-electron chi connectivity index (χ3n) is 1.02. The van der Waals surface area contributed by atoms with Crippen molar-refractivity contribution in [2.45, 2.75) is 55.4 Å². The molecule has 0 unspecified atom stereocenters. The lowest BCUT2D eigenvalue weighted by Crippen LogP contribution is -1.74. The third kappa shape index (κ3) is 61.5. The Kier molecular flexibility index (Phi) is 151. The van der Waals surface area contributed by atoms with Crippen LogP contribution < -0.4 is 0 Å². The van der Waals surface area contributed by atoms with Crippen molar-refractivity contribution in [1.29, 1.82) is 0 Å². The topological polar surface area (TPSA) is 0 Å². The molecule has 0 saturated carbocycles. The van der Waals surface area contributed by atoms with Crippen LogP contribution in [-0.2, 0) is 0 Å². The summed E-state index contributed by atoms with van der Waals surface area (Å²) in [6.45, 7) is 35.3. The van der Waals surface area contributed by atoms with E-state index >= 15 is 0 Å². The van der Waals surface area contributed by atoms with E-state index in [1.54, 1.807) is 0 Å². The van der Waals surface area contributed by atoms with Crippen molar-refractivity contribution in [3.63, 3.8) is 0 Å². The zero-order chi connectivity index (χ0) is 16.6. The van der Waals surface area contributed by atoms with Crippen LogP contribution in [0.5, 0.6) is 0 Å². The van der Waals surface area contributed by atoms with Crippen molar-refractivity contribution in [2.75, 3.05) is 0 Å². The molecule has 0 heteroatoms. The summed E-state index contributed by atoms with van der Waals surface area (Å²) >= 11 is 0. The van der Waals surface area contributed by atoms with Gasteiger partial charge in [-0.05, 0) is 19.4 Å². The average molecular weight is 255 g/mol. The molecule has 0 atom stereocenters. The van der Waals surface area contributed by atoms with Gasteiger partial charge in [0.05, 0.1) is 0 Å². The van der Waals surface area contributed by atoms with Crippen LogP contribution in [0.25, 0.3) is 0 Å². The molecule has 0 aliphatic carbocycles. The molecule has 0 N–H and O–H groups in total. The average Bonchev–Trinajstić information content (AvgIpc) is 2.50. The largest absolute Gasteiger partial charge is 0.106 e. The van der Waals surface area contributed by atoms with Gasteiger partial charge in [0.1, 0.15) is 0 Å². The Morgan fingerprint density at radius 1 is 0.778 bits per heavy atom. The van der Waals surface area contributed by atoms with Gasteiger partial charge in [-0.1, -0.05) is 72.4 Å². The van der Waals surface area contributed by atoms with Crippen molar-refractivity contribution in [3.05, 3.63) is 62.8 Å². The van der Waals surface area contributed by atoms with Gasteiger partial charge in [-0.25, -0.2) is 0 Å². The summed E-state index contributed by atoms with van der Waals surface area (Å²) in [6.07, 6.45) is 3.80. The van der Waals surface area contributed by atoms with E-state index in [0.717, 1.165) is 11.1 Å². The molecule has 0 fully saturated rings. The molecule has 0 nitrogen and oxygen atoms in total. The van der Waals surface area contributed by atoms with Crippen LogP contribution in [0.3, 0.4) is 0 Å². The molecular weight excluding hydrogens is 216 g/mol. The maximum atomic E-state index is 3.76. The highest BCUT2D eigenvalue weighted by Crippen LogP contribution is 2.05. The highest BCUT2D eigenvalue weighted by molar-refractivity contribution is 5.34. The van der Waals surface area contributed by atoms with Crippen LogP contribution in [0.15, 0.2) is 62.8 Å². The van der Waals surface area contributed by atoms with Crippen molar-refractivity contribution in [3.8, 4) is 0 Å². The Hall–Kier alpha value is -1.30. The Bertz CT molecular complexity index is 147. The zero-order valence-corrected chi connectivity index (χ0v) is 14.4. The molecule has 0 rings (SSSR count). The van der Waals surface area contributed by atoms with E-state index in [1.165, 1.54) is 0 Å². The predicted octanol–water partition coefficient (Wildman–Crippen LogP) is 7.38. The van der Waals surface area contributed by atoms with E-state index in [0.29, 0.717) is 0 Å². The van der Waals surface area contributed by atoms with Crippen LogP contribution in [0.4, 0.5) is 0 Å². The molecule has 0 amide bonds. The van der Waals surface area contributed by atoms with Gasteiger partial charge in [0.2, 0.25) is 0 Å². The quantitative estimate of drug-likeness (QED) is 0.356. The molecule has 0 spiro atoms. The van der Waals surface area contributed by atoms with Crippen LogP contribution in [0.2, 0.25) is 0 Å². The standard InChI is InChI=1S/C8H12.3C2H6.2C2H4/c1-5-8(6-2)7(3)4;5*1-2/h5-6H,1,3H2,2,4H3;3*1-2H3;2*1-2H2/b8-6-;;;;;. The van der Waals surface area contributed by atoms with Crippen LogP contribution in [-0.4, -0.2) is 0 Å². The first-order valence-corrected chi connectivity index (χ1v) is 6.67. The molecule has 0 heterocycles. The lowest BCUT2D eigenvalue weighted by atomic mass is 10.1. The fourth-order valence-electron chi connectivity index (χ4n) is 0.538. The van der Waals surface area contributed by atoms with Crippen molar-refractivity contribution in [2.24, 2.45) is 0 Å². The first-order chi connectivity index (χ1) is 8.72. The van der Waals surface area contributed by atoms with Crippen molar-refractivity contribution < 1.29 is 0 Å². The van der Waals surface area contributed by atoms with E-state index in [-0.39, 0.29) is 0 Å². The number of rotatable bonds is 2. The van der Waals surface area contributed by atoms with E-state index in [9.17, 15) is 0 Å². The predicted molar refractivity (Wildman–Crippen MR) is 95.3 cm³/mol. The number of hydrogen-bond acceptors (Lipinski definition) is 0. The summed E-state index contributed by atoms with van der Waals surface area (Å²) in [5, 5.41) is 0. The van der Waals surface area contributed by atoms with Gasteiger partial charge < -0.3 is 0 Å². The molecule has 0 aliphatic heterocycles. The molecule has 0 aromatic carbocycles. The number of hydrogen-bond donors (Lipinski definition) is 0. The summed E-state index contributed by atoms with van der Waals surface area (Å²) in [7, 11) is 0. The summed E-state index contributed by atoms with van der Waals surface area (Å²) in [5.41, 5.74) is 2.20. The second-order valence-corrected chi connectivity index (χ2v) is 1.73. The highest BCUT2D eigenvalue weighted by Gasteiger charge is 1.85. The van der Waals surface area contributed by atoms with Gasteiger partial charge in [0.25, 0.3) is 0 Å². The molecule has 0 bridgehead atoms. The van der Waals surface area contributed by atoms with Gasteiger partial charge in [-0.2, -0.15) is 0 Å². The first kappa shape index (κ1) is 36.0. The summed E-state index contributed by atoms with van der Waals surface area (Å²) in [5.74, 6) is 0. The molecule has 0 radical (unpaired) electrons. The van der Waals surface area contributed by atoms with Crippen LogP contribution in [0, 0.1) is 0 Å². The maximum Gasteiger partial charge on any atom is -0.0282 e. The van der Waals surface area contributed by atoms with Gasteiger partial charge in [0, 0.05) is 0 Å². The second-order valence-electron chi connectivity index (χ2n) is 1.73. The summed E-state index contributed by atoms with van der Waals surface area (Å²) in [6, 6.07) is 0. The monoisotopic (exact) mass is 254 g/mol. The zero-order valence-electron chi connectivity index (χ0n) is 14.4. The van der Waals surface area contributed by atoms with Crippen LogP contribution in [0.1, 0.15) is 55.4 Å². The fourth-order valence-corrected chi connectivity index (χ4v) is 0.538. The maximum absolute atomic E-state index is 3.76. The molecule has 0 aromatic heterocycles. The van der Waals surface area contributed by atoms with E-state index in [2.05, 4.69) is 39.5 Å². The van der Waals surface area contributed by atoms with Crippen LogP contribution >= 0.6 is 0 Å². The smallest absolute Gasteiger partial charge is 0.0282 e. The minimum Gasteiger partial charge on any atom is -0.106 e. The Morgan fingerprint density at radius 3 is 1.00 bits per heavy atom. The third-order valence-corrected chi connectivity index (χ3v) is 1.02. The fraction of sp³-hybridized carbons (Fsp3) is 0.444. The number of allylic oxidation sites excluding steroid dienone is 4. The lowest BCUT2D eigenvalue weighted by molar-refractivity contribution is 1.43. The van der Waals surface area contributed by atoms with E-state index in [1.807, 2.05) is 67.5 Å². The molecule has 0 aromatic rings.